The molecule has 0 aliphatic carbocycles. The van der Waals surface area contributed by atoms with Crippen LogP contribution in [-0.2, 0) is 6.61 Å². The van der Waals surface area contributed by atoms with Gasteiger partial charge in [-0.15, -0.1) is 0 Å². The molecule has 0 radical (unpaired) electrons. The summed E-state index contributed by atoms with van der Waals surface area (Å²) in [5, 5.41) is 9.18. The fourth-order valence-corrected chi connectivity index (χ4v) is 4.24. The van der Waals surface area contributed by atoms with Crippen molar-refractivity contribution in [2.24, 2.45) is 0 Å². The first kappa shape index (κ1) is 24.2. The first-order valence-electron chi connectivity index (χ1n) is 11.6. The van der Waals surface area contributed by atoms with Crippen LogP contribution >= 0.6 is 0 Å². The maximum Gasteiger partial charge on any atom is 0.258 e. The van der Waals surface area contributed by atoms with Gasteiger partial charge in [0.2, 0.25) is 0 Å². The number of para-hydroxylation sites is 1. The van der Waals surface area contributed by atoms with Crippen molar-refractivity contribution < 1.29 is 13.9 Å². The van der Waals surface area contributed by atoms with Crippen LogP contribution < -0.4 is 14.5 Å². The number of hydrogen-bond acceptors (Lipinski definition) is 5. The number of carbonyl (C=O) groups excluding carboxylic acids is 1. The summed E-state index contributed by atoms with van der Waals surface area (Å²) in [5.74, 6) is -0.0356. The van der Waals surface area contributed by atoms with Gasteiger partial charge in [0.05, 0.1) is 11.3 Å². The highest BCUT2D eigenvalue weighted by atomic mass is 19.1. The van der Waals surface area contributed by atoms with E-state index < -0.39 is 0 Å². The summed E-state index contributed by atoms with van der Waals surface area (Å²) < 4.78 is 20.7. The molecule has 1 heterocycles. The summed E-state index contributed by atoms with van der Waals surface area (Å²) in [4.78, 5) is 18.7. The van der Waals surface area contributed by atoms with Crippen molar-refractivity contribution in [2.75, 3.05) is 44.0 Å². The van der Waals surface area contributed by atoms with Gasteiger partial charge in [0.25, 0.3) is 5.91 Å². The van der Waals surface area contributed by atoms with Crippen LogP contribution in [0.4, 0.5) is 15.8 Å². The lowest BCUT2D eigenvalue weighted by molar-refractivity contribution is 0.0993. The molecule has 1 saturated heterocycles. The molecule has 1 fully saturated rings. The van der Waals surface area contributed by atoms with Gasteiger partial charge in [0, 0.05) is 37.4 Å². The summed E-state index contributed by atoms with van der Waals surface area (Å²) in [7, 11) is 5.73. The highest BCUT2D eigenvalue weighted by molar-refractivity contribution is 6.05. The van der Waals surface area contributed by atoms with Crippen LogP contribution in [0.2, 0.25) is 0 Å². The second kappa shape index (κ2) is 10.6. The fourth-order valence-electron chi connectivity index (χ4n) is 4.24. The summed E-state index contributed by atoms with van der Waals surface area (Å²) in [6, 6.07) is 21.6. The molecule has 180 valence electrons. The Bertz CT molecular complexity index is 1240. The molecule has 6 nitrogen and oxygen atoms in total. The van der Waals surface area contributed by atoms with Gasteiger partial charge in [0.1, 0.15) is 24.2 Å². The van der Waals surface area contributed by atoms with E-state index in [0.717, 1.165) is 25.1 Å². The molecule has 0 aromatic heterocycles. The van der Waals surface area contributed by atoms with Gasteiger partial charge in [-0.3, -0.25) is 4.79 Å². The predicted octanol–water partition coefficient (Wildman–Crippen LogP) is 4.69. The van der Waals surface area contributed by atoms with Crippen molar-refractivity contribution in [1.82, 2.24) is 4.90 Å². The Kier molecular flexibility index (Phi) is 7.33. The zero-order chi connectivity index (χ0) is 24.9. The van der Waals surface area contributed by atoms with E-state index in [9.17, 15) is 14.4 Å². The maximum atomic E-state index is 15.0. The number of nitrogens with zero attached hydrogens (tertiary/aromatic N) is 4. The molecule has 7 heteroatoms. The van der Waals surface area contributed by atoms with Gasteiger partial charge in [0.15, 0.2) is 0 Å². The van der Waals surface area contributed by atoms with Crippen LogP contribution in [0, 0.1) is 17.1 Å². The van der Waals surface area contributed by atoms with Crippen LogP contribution in [-0.4, -0.2) is 51.1 Å². The number of nitriles is 1. The molecule has 0 spiro atoms. The standard InChI is InChI=1S/C28H29FN4O2/c1-31(2)24-14-15-33(18-24)26-13-12-23(16-25(26)29)32(3)28(34)21-10-8-20(9-11-21)19-35-27-7-5-4-6-22(27)17-30/h4-13,16,24H,14-15,18-19H2,1-3H3. The van der Waals surface area contributed by atoms with Crippen molar-refractivity contribution in [3.8, 4) is 11.8 Å². The highest BCUT2D eigenvalue weighted by Gasteiger charge is 2.26. The van der Waals surface area contributed by atoms with Crippen molar-refractivity contribution in [1.29, 1.82) is 5.26 Å². The van der Waals surface area contributed by atoms with Crippen LogP contribution in [0.25, 0.3) is 0 Å². The number of halogens is 1. The minimum Gasteiger partial charge on any atom is -0.488 e. The molecule has 1 unspecified atom stereocenters. The van der Waals surface area contributed by atoms with Crippen LogP contribution in [0.3, 0.4) is 0 Å². The molecule has 3 aromatic rings. The van der Waals surface area contributed by atoms with E-state index in [1.807, 2.05) is 32.3 Å². The average molecular weight is 473 g/mol. The van der Waals surface area contributed by atoms with Gasteiger partial charge in [-0.25, -0.2) is 4.39 Å². The summed E-state index contributed by atoms with van der Waals surface area (Å²) in [6.07, 6.45) is 0.998. The average Bonchev–Trinajstić information content (AvgIpc) is 3.37. The molecular weight excluding hydrogens is 443 g/mol. The number of amides is 1. The van der Waals surface area contributed by atoms with E-state index in [1.54, 1.807) is 49.5 Å². The molecule has 35 heavy (non-hydrogen) atoms. The minimum atomic E-state index is -0.327. The molecule has 1 atom stereocenters. The zero-order valence-corrected chi connectivity index (χ0v) is 20.2. The number of carbonyl (C=O) groups is 1. The topological polar surface area (TPSA) is 59.8 Å². The molecule has 1 aliphatic heterocycles. The quantitative estimate of drug-likeness (QED) is 0.499. The van der Waals surface area contributed by atoms with Crippen molar-refractivity contribution in [2.45, 2.75) is 19.1 Å². The lowest BCUT2D eigenvalue weighted by atomic mass is 10.1. The van der Waals surface area contributed by atoms with Crippen LogP contribution in [0.5, 0.6) is 5.75 Å². The number of benzene rings is 3. The Morgan fingerprint density at radius 3 is 2.51 bits per heavy atom. The van der Waals surface area contributed by atoms with Crippen LogP contribution in [0.15, 0.2) is 66.7 Å². The van der Waals surface area contributed by atoms with Crippen molar-refractivity contribution >= 4 is 17.3 Å². The number of anilines is 2. The number of likely N-dealkylation sites (N-methyl/N-ethyl adjacent to an activating group) is 1. The maximum absolute atomic E-state index is 15.0. The van der Waals surface area contributed by atoms with E-state index >= 15 is 0 Å². The Hall–Kier alpha value is -3.89. The SMILES string of the molecule is CN(C(=O)c1ccc(COc2ccccc2C#N)cc1)c1ccc(N2CCC(N(C)C)C2)c(F)c1. The van der Waals surface area contributed by atoms with Gasteiger partial charge in [-0.1, -0.05) is 24.3 Å². The summed E-state index contributed by atoms with van der Waals surface area (Å²) in [5.41, 5.74) is 2.91. The van der Waals surface area contributed by atoms with Gasteiger partial charge in [-0.05, 0) is 68.5 Å². The van der Waals surface area contributed by atoms with E-state index in [1.165, 1.54) is 11.0 Å². The van der Waals surface area contributed by atoms with E-state index in [0.29, 0.717) is 34.3 Å². The zero-order valence-electron chi connectivity index (χ0n) is 20.2. The van der Waals surface area contributed by atoms with Gasteiger partial charge < -0.3 is 19.4 Å². The number of ether oxygens (including phenoxy) is 1. The second-order valence-electron chi connectivity index (χ2n) is 8.95. The Labute approximate surface area is 205 Å². The largest absolute Gasteiger partial charge is 0.488 e. The molecular formula is C28H29FN4O2. The second-order valence-corrected chi connectivity index (χ2v) is 8.95. The van der Waals surface area contributed by atoms with Gasteiger partial charge >= 0.3 is 0 Å². The fraction of sp³-hybridized carbons (Fsp3) is 0.286. The lowest BCUT2D eigenvalue weighted by Crippen LogP contribution is -2.31. The predicted molar refractivity (Wildman–Crippen MR) is 135 cm³/mol. The van der Waals surface area contributed by atoms with E-state index in [4.69, 9.17) is 4.74 Å². The van der Waals surface area contributed by atoms with E-state index in [-0.39, 0.29) is 18.3 Å². The summed E-state index contributed by atoms with van der Waals surface area (Å²) in [6.45, 7) is 1.88. The van der Waals surface area contributed by atoms with Crippen molar-refractivity contribution in [3.63, 3.8) is 0 Å². The Morgan fingerprint density at radius 2 is 1.86 bits per heavy atom. The molecule has 0 N–H and O–H groups in total. The molecule has 0 saturated carbocycles. The molecule has 0 bridgehead atoms. The monoisotopic (exact) mass is 472 g/mol. The normalized spacial score (nSPS) is 15.2. The number of rotatable bonds is 7. The van der Waals surface area contributed by atoms with Crippen molar-refractivity contribution in [3.05, 3.63) is 89.2 Å². The first-order valence-corrected chi connectivity index (χ1v) is 11.6. The molecule has 1 aliphatic rings. The minimum absolute atomic E-state index is 0.228. The lowest BCUT2D eigenvalue weighted by Gasteiger charge is -2.24. The molecule has 4 rings (SSSR count). The first-order chi connectivity index (χ1) is 16.9. The van der Waals surface area contributed by atoms with Gasteiger partial charge in [-0.2, -0.15) is 5.26 Å². The van der Waals surface area contributed by atoms with Crippen LogP contribution in [0.1, 0.15) is 27.9 Å². The summed E-state index contributed by atoms with van der Waals surface area (Å²) >= 11 is 0. The Balaban J connectivity index is 1.40. The third kappa shape index (κ3) is 5.44. The van der Waals surface area contributed by atoms with E-state index in [2.05, 4.69) is 15.9 Å². The highest BCUT2D eigenvalue weighted by Crippen LogP contribution is 2.29. The molecule has 3 aromatic carbocycles. The molecule has 1 amide bonds. The number of hydrogen-bond donors (Lipinski definition) is 0. The Morgan fingerprint density at radius 1 is 1.11 bits per heavy atom. The third-order valence-electron chi connectivity index (χ3n) is 6.46. The smallest absolute Gasteiger partial charge is 0.258 e. The third-order valence-corrected chi connectivity index (χ3v) is 6.46.